The molecule has 0 spiro atoms. The lowest BCUT2D eigenvalue weighted by molar-refractivity contribution is 0.476. The predicted octanol–water partition coefficient (Wildman–Crippen LogP) is 2.27. The van der Waals surface area contributed by atoms with E-state index < -0.39 is 40.3 Å². The summed E-state index contributed by atoms with van der Waals surface area (Å²) in [5.41, 5.74) is 0.585. The van der Waals surface area contributed by atoms with E-state index in [0.717, 1.165) is 24.6 Å². The van der Waals surface area contributed by atoms with Crippen LogP contribution >= 0.6 is 0 Å². The Morgan fingerprint density at radius 2 is 0.973 bits per heavy atom. The SMILES string of the molecule is Cc1cc(OS(=O)(=O)c2ccc(NS(C)(=O)=O)cc2)ccc1OS(=O)(=O)c1ccc(NS(C)(=O)=O)cc1. The van der Waals surface area contributed by atoms with Crippen molar-refractivity contribution < 1.29 is 42.0 Å². The second kappa shape index (κ2) is 10.2. The molecular formula is C21H22N2O10S4. The van der Waals surface area contributed by atoms with Gasteiger partial charge in [0.15, 0.2) is 0 Å². The van der Waals surface area contributed by atoms with Gasteiger partial charge in [-0.15, -0.1) is 0 Å². The summed E-state index contributed by atoms with van der Waals surface area (Å²) in [6.07, 6.45) is 1.91. The summed E-state index contributed by atoms with van der Waals surface area (Å²) < 4.78 is 110. The number of hydrogen-bond acceptors (Lipinski definition) is 10. The van der Waals surface area contributed by atoms with Crippen LogP contribution in [0.25, 0.3) is 0 Å². The topological polar surface area (TPSA) is 179 Å². The van der Waals surface area contributed by atoms with Crippen LogP contribution in [0.1, 0.15) is 5.56 Å². The maximum Gasteiger partial charge on any atom is 0.339 e. The highest BCUT2D eigenvalue weighted by Crippen LogP contribution is 2.29. The van der Waals surface area contributed by atoms with Gasteiger partial charge in [-0.25, -0.2) is 16.8 Å². The van der Waals surface area contributed by atoms with Gasteiger partial charge in [-0.3, -0.25) is 9.44 Å². The van der Waals surface area contributed by atoms with Gasteiger partial charge in [0.1, 0.15) is 21.3 Å². The van der Waals surface area contributed by atoms with E-state index in [1.165, 1.54) is 61.5 Å². The van der Waals surface area contributed by atoms with Crippen LogP contribution in [0.15, 0.2) is 76.5 Å². The van der Waals surface area contributed by atoms with E-state index >= 15 is 0 Å². The highest BCUT2D eigenvalue weighted by molar-refractivity contribution is 7.92. The molecule has 0 radical (unpaired) electrons. The van der Waals surface area contributed by atoms with E-state index in [-0.39, 0.29) is 38.2 Å². The molecule has 0 saturated carbocycles. The summed E-state index contributed by atoms with van der Waals surface area (Å²) in [6.45, 7) is 1.48. The molecule has 3 aromatic carbocycles. The molecule has 37 heavy (non-hydrogen) atoms. The third kappa shape index (κ3) is 8.08. The molecule has 0 unspecified atom stereocenters. The van der Waals surface area contributed by atoms with Crippen LogP contribution in [0.3, 0.4) is 0 Å². The molecule has 0 aliphatic heterocycles. The molecule has 0 aliphatic carbocycles. The predicted molar refractivity (Wildman–Crippen MR) is 137 cm³/mol. The van der Waals surface area contributed by atoms with E-state index in [0.29, 0.717) is 0 Å². The zero-order valence-electron chi connectivity index (χ0n) is 19.6. The summed E-state index contributed by atoms with van der Waals surface area (Å²) in [7, 11) is -15.6. The first-order chi connectivity index (χ1) is 16.9. The molecule has 16 heteroatoms. The third-order valence-corrected chi connectivity index (χ3v) is 8.17. The van der Waals surface area contributed by atoms with Crippen molar-refractivity contribution in [3.05, 3.63) is 72.3 Å². The van der Waals surface area contributed by atoms with Crippen LogP contribution < -0.4 is 17.8 Å². The largest absolute Gasteiger partial charge is 0.379 e. The van der Waals surface area contributed by atoms with Gasteiger partial charge < -0.3 is 8.37 Å². The van der Waals surface area contributed by atoms with Gasteiger partial charge in [-0.05, 0) is 79.2 Å². The number of hydrogen-bond donors (Lipinski definition) is 2. The lowest BCUT2D eigenvalue weighted by atomic mass is 10.2. The summed E-state index contributed by atoms with van der Waals surface area (Å²) in [5.74, 6) is -0.198. The van der Waals surface area contributed by atoms with Crippen LogP contribution in [0.5, 0.6) is 11.5 Å². The lowest BCUT2D eigenvalue weighted by Gasteiger charge is -2.12. The first kappa shape index (κ1) is 28.2. The van der Waals surface area contributed by atoms with Crippen molar-refractivity contribution in [2.45, 2.75) is 16.7 Å². The summed E-state index contributed by atoms with van der Waals surface area (Å²) in [5, 5.41) is 0. The van der Waals surface area contributed by atoms with Crippen LogP contribution in [0, 0.1) is 6.92 Å². The molecule has 0 aromatic heterocycles. The number of benzene rings is 3. The Morgan fingerprint density at radius 3 is 1.35 bits per heavy atom. The maximum atomic E-state index is 12.6. The van der Waals surface area contributed by atoms with Gasteiger partial charge in [0, 0.05) is 11.4 Å². The normalized spacial score (nSPS) is 12.5. The highest BCUT2D eigenvalue weighted by Gasteiger charge is 2.21. The lowest BCUT2D eigenvalue weighted by Crippen LogP contribution is -2.13. The van der Waals surface area contributed by atoms with Gasteiger partial charge in [0.25, 0.3) is 0 Å². The van der Waals surface area contributed by atoms with E-state index in [1.807, 2.05) is 0 Å². The van der Waals surface area contributed by atoms with Crippen LogP contribution in [0.2, 0.25) is 0 Å². The van der Waals surface area contributed by atoms with Gasteiger partial charge >= 0.3 is 20.2 Å². The Kier molecular flexibility index (Phi) is 7.78. The molecule has 0 fully saturated rings. The number of rotatable bonds is 10. The summed E-state index contributed by atoms with van der Waals surface area (Å²) in [4.78, 5) is -0.469. The van der Waals surface area contributed by atoms with E-state index in [1.54, 1.807) is 0 Å². The Morgan fingerprint density at radius 1 is 0.568 bits per heavy atom. The smallest absolute Gasteiger partial charge is 0.339 e. The Balaban J connectivity index is 1.75. The van der Waals surface area contributed by atoms with E-state index in [4.69, 9.17) is 8.37 Å². The monoisotopic (exact) mass is 590 g/mol. The van der Waals surface area contributed by atoms with Crippen molar-refractivity contribution in [3.63, 3.8) is 0 Å². The molecule has 12 nitrogen and oxygen atoms in total. The molecule has 0 saturated heterocycles. The fourth-order valence-corrected chi connectivity index (χ4v) is 5.96. The zero-order valence-corrected chi connectivity index (χ0v) is 22.8. The maximum absolute atomic E-state index is 12.6. The van der Waals surface area contributed by atoms with Crippen molar-refractivity contribution >= 4 is 51.7 Å². The van der Waals surface area contributed by atoms with Gasteiger partial charge in [-0.1, -0.05) is 0 Å². The van der Waals surface area contributed by atoms with Crippen LogP contribution in [-0.2, 0) is 40.3 Å². The Bertz CT molecular complexity index is 1730. The molecule has 3 rings (SSSR count). The van der Waals surface area contributed by atoms with Crippen molar-refractivity contribution in [2.75, 3.05) is 22.0 Å². The van der Waals surface area contributed by atoms with Crippen molar-refractivity contribution in [1.82, 2.24) is 0 Å². The summed E-state index contributed by atoms with van der Waals surface area (Å²) in [6, 6.07) is 13.4. The Hall–Kier alpha value is -3.34. The fourth-order valence-electron chi connectivity index (χ4n) is 2.92. The second-order valence-electron chi connectivity index (χ2n) is 7.80. The number of sulfonamides is 2. The second-order valence-corrected chi connectivity index (χ2v) is 14.4. The Labute approximate surface area is 215 Å². The number of anilines is 2. The van der Waals surface area contributed by atoms with Crippen LogP contribution in [0.4, 0.5) is 11.4 Å². The number of aryl methyl sites for hydroxylation is 1. The molecule has 0 amide bonds. The average Bonchev–Trinajstić information content (AvgIpc) is 2.74. The van der Waals surface area contributed by atoms with E-state index in [9.17, 15) is 33.7 Å². The van der Waals surface area contributed by atoms with Gasteiger partial charge in [-0.2, -0.15) is 16.8 Å². The quantitative estimate of drug-likeness (QED) is 0.333. The molecule has 0 heterocycles. The molecule has 200 valence electrons. The minimum Gasteiger partial charge on any atom is -0.379 e. The average molecular weight is 591 g/mol. The van der Waals surface area contributed by atoms with Crippen LogP contribution in [-0.4, -0.2) is 46.2 Å². The van der Waals surface area contributed by atoms with Crippen molar-refractivity contribution in [3.8, 4) is 11.5 Å². The van der Waals surface area contributed by atoms with E-state index in [2.05, 4.69) is 9.44 Å². The molecule has 2 N–H and O–H groups in total. The fraction of sp³-hybridized carbons (Fsp3) is 0.143. The van der Waals surface area contributed by atoms with Gasteiger partial charge in [0.05, 0.1) is 12.5 Å². The molecule has 0 aliphatic rings. The molecule has 0 bridgehead atoms. The minimum atomic E-state index is -4.29. The summed E-state index contributed by atoms with van der Waals surface area (Å²) >= 11 is 0. The van der Waals surface area contributed by atoms with Crippen molar-refractivity contribution in [2.24, 2.45) is 0 Å². The third-order valence-electron chi connectivity index (χ3n) is 4.44. The molecule has 3 aromatic rings. The van der Waals surface area contributed by atoms with Crippen molar-refractivity contribution in [1.29, 1.82) is 0 Å². The molecule has 0 atom stereocenters. The minimum absolute atomic E-state index is 0.0840. The first-order valence-electron chi connectivity index (χ1n) is 10.1. The number of nitrogens with one attached hydrogen (secondary N) is 2. The van der Waals surface area contributed by atoms with Gasteiger partial charge in [0.2, 0.25) is 20.0 Å². The first-order valence-corrected chi connectivity index (χ1v) is 16.7. The zero-order chi connectivity index (χ0) is 27.6. The highest BCUT2D eigenvalue weighted by atomic mass is 32.2. The standard InChI is InChI=1S/C21H22N2O10S4/c1-15-14-18(32-36(28,29)19-9-4-16(5-10-19)22-34(2,24)25)8-13-21(15)33-37(30,31)20-11-6-17(7-12-20)23-35(3,26)27/h4-14,22-23H,1-3H3. The molecular weight excluding hydrogens is 569 g/mol.